The predicted octanol–water partition coefficient (Wildman–Crippen LogP) is 3.83. The highest BCUT2D eigenvalue weighted by Crippen LogP contribution is 2.16. The second-order valence-electron chi connectivity index (χ2n) is 5.61. The highest BCUT2D eigenvalue weighted by atomic mass is 16.4. The molecule has 1 unspecified atom stereocenters. The first-order valence-electron chi connectivity index (χ1n) is 7.53. The third kappa shape index (κ3) is 5.33. The van der Waals surface area contributed by atoms with Crippen LogP contribution in [-0.2, 0) is 6.42 Å². The fourth-order valence-electron chi connectivity index (χ4n) is 2.58. The molecule has 0 aliphatic heterocycles. The lowest BCUT2D eigenvalue weighted by molar-refractivity contribution is 0.0695. The molecule has 1 rings (SSSR count). The fourth-order valence-corrected chi connectivity index (χ4v) is 2.58. The molecule has 0 fully saturated rings. The Hall–Kier alpha value is -1.35. The van der Waals surface area contributed by atoms with E-state index in [-0.39, 0.29) is 0 Å². The molecule has 0 aliphatic carbocycles. The van der Waals surface area contributed by atoms with Crippen LogP contribution >= 0.6 is 0 Å². The van der Waals surface area contributed by atoms with Gasteiger partial charge in [-0.05, 0) is 51.4 Å². The van der Waals surface area contributed by atoms with Crippen molar-refractivity contribution in [2.75, 3.05) is 14.1 Å². The van der Waals surface area contributed by atoms with E-state index in [4.69, 9.17) is 0 Å². The number of unbranched alkanes of at least 4 members (excludes halogenated alkanes) is 1. The van der Waals surface area contributed by atoms with Crippen LogP contribution in [0.15, 0.2) is 24.3 Å². The average molecular weight is 277 g/mol. The fraction of sp³-hybridized carbons (Fsp3) is 0.588. The Labute approximate surface area is 122 Å². The predicted molar refractivity (Wildman–Crippen MR) is 83.3 cm³/mol. The van der Waals surface area contributed by atoms with Gasteiger partial charge in [-0.15, -0.1) is 0 Å². The van der Waals surface area contributed by atoms with E-state index in [0.29, 0.717) is 11.6 Å². The van der Waals surface area contributed by atoms with E-state index in [1.165, 1.54) is 19.3 Å². The molecular weight excluding hydrogens is 250 g/mol. The van der Waals surface area contributed by atoms with Crippen LogP contribution in [0, 0.1) is 0 Å². The lowest BCUT2D eigenvalue weighted by Gasteiger charge is -2.24. The number of hydrogen-bond acceptors (Lipinski definition) is 2. The molecule has 0 amide bonds. The van der Waals surface area contributed by atoms with Gasteiger partial charge in [-0.3, -0.25) is 0 Å². The first-order chi connectivity index (χ1) is 9.56. The van der Waals surface area contributed by atoms with Gasteiger partial charge in [0, 0.05) is 6.04 Å². The van der Waals surface area contributed by atoms with Gasteiger partial charge in [0.1, 0.15) is 0 Å². The molecular formula is C17H27NO2. The highest BCUT2D eigenvalue weighted by Gasteiger charge is 2.12. The summed E-state index contributed by atoms with van der Waals surface area (Å²) in [5.41, 5.74) is 1.40. The zero-order valence-corrected chi connectivity index (χ0v) is 12.9. The molecule has 1 aromatic rings. The van der Waals surface area contributed by atoms with Crippen LogP contribution < -0.4 is 0 Å². The van der Waals surface area contributed by atoms with E-state index in [2.05, 4.69) is 25.9 Å². The highest BCUT2D eigenvalue weighted by molar-refractivity contribution is 5.89. The number of rotatable bonds is 9. The molecule has 0 spiro atoms. The molecule has 20 heavy (non-hydrogen) atoms. The van der Waals surface area contributed by atoms with E-state index in [9.17, 15) is 9.90 Å². The van der Waals surface area contributed by atoms with Crippen molar-refractivity contribution in [3.05, 3.63) is 35.4 Å². The average Bonchev–Trinajstić information content (AvgIpc) is 2.42. The van der Waals surface area contributed by atoms with Crippen LogP contribution in [0.2, 0.25) is 0 Å². The number of carboxylic acids is 1. The van der Waals surface area contributed by atoms with Crippen LogP contribution in [0.25, 0.3) is 0 Å². The summed E-state index contributed by atoms with van der Waals surface area (Å²) >= 11 is 0. The molecule has 0 bridgehead atoms. The molecule has 3 nitrogen and oxygen atoms in total. The normalized spacial score (nSPS) is 12.6. The molecule has 1 aromatic carbocycles. The van der Waals surface area contributed by atoms with Gasteiger partial charge in [0.05, 0.1) is 5.56 Å². The van der Waals surface area contributed by atoms with Gasteiger partial charge in [0.2, 0.25) is 0 Å². The number of benzene rings is 1. The van der Waals surface area contributed by atoms with Gasteiger partial charge in [0.25, 0.3) is 0 Å². The Morgan fingerprint density at radius 3 is 2.45 bits per heavy atom. The van der Waals surface area contributed by atoms with Crippen molar-refractivity contribution in [1.29, 1.82) is 0 Å². The number of nitrogens with zero attached hydrogens (tertiary/aromatic N) is 1. The number of aryl methyl sites for hydroxylation is 1. The molecule has 0 saturated heterocycles. The molecule has 1 atom stereocenters. The van der Waals surface area contributed by atoms with Gasteiger partial charge in [0.15, 0.2) is 0 Å². The minimum Gasteiger partial charge on any atom is -0.478 e. The Bertz CT molecular complexity index is 415. The summed E-state index contributed by atoms with van der Waals surface area (Å²) in [5, 5.41) is 9.17. The molecule has 112 valence electrons. The van der Waals surface area contributed by atoms with Crippen molar-refractivity contribution in [1.82, 2.24) is 4.90 Å². The molecule has 0 saturated carbocycles. The maximum Gasteiger partial charge on any atom is 0.335 e. The van der Waals surface area contributed by atoms with Crippen LogP contribution in [-0.4, -0.2) is 36.1 Å². The number of hydrogen-bond donors (Lipinski definition) is 1. The Balaban J connectivity index is 2.52. The number of aromatic carboxylic acids is 1. The Morgan fingerprint density at radius 2 is 1.85 bits per heavy atom. The zero-order valence-electron chi connectivity index (χ0n) is 12.9. The lowest BCUT2D eigenvalue weighted by atomic mass is 9.98. The van der Waals surface area contributed by atoms with E-state index in [1.807, 2.05) is 12.1 Å². The summed E-state index contributed by atoms with van der Waals surface area (Å²) < 4.78 is 0. The van der Waals surface area contributed by atoms with Gasteiger partial charge in [-0.2, -0.15) is 0 Å². The molecule has 0 aromatic heterocycles. The molecule has 0 aliphatic rings. The third-order valence-corrected chi connectivity index (χ3v) is 3.85. The summed E-state index contributed by atoms with van der Waals surface area (Å²) in [6.45, 7) is 2.22. The first kappa shape index (κ1) is 16.7. The van der Waals surface area contributed by atoms with Crippen molar-refractivity contribution in [3.8, 4) is 0 Å². The first-order valence-corrected chi connectivity index (χ1v) is 7.53. The zero-order chi connectivity index (χ0) is 15.0. The topological polar surface area (TPSA) is 40.5 Å². The van der Waals surface area contributed by atoms with Crippen molar-refractivity contribution in [2.45, 2.75) is 51.5 Å². The van der Waals surface area contributed by atoms with E-state index in [1.54, 1.807) is 12.1 Å². The molecule has 3 heteroatoms. The van der Waals surface area contributed by atoms with E-state index < -0.39 is 5.97 Å². The second kappa shape index (κ2) is 8.75. The van der Waals surface area contributed by atoms with Gasteiger partial charge < -0.3 is 10.0 Å². The van der Waals surface area contributed by atoms with Crippen LogP contribution in [0.1, 0.15) is 54.9 Å². The van der Waals surface area contributed by atoms with Crippen LogP contribution in [0.4, 0.5) is 0 Å². The minimum absolute atomic E-state index is 0.447. The minimum atomic E-state index is -0.823. The SMILES string of the molecule is CCCCC(CCCc1ccccc1C(=O)O)N(C)C. The standard InChI is InChI=1S/C17H27NO2/c1-4-5-11-15(18(2)3)12-8-10-14-9-6-7-13-16(14)17(19)20/h6-7,9,13,15H,4-5,8,10-12H2,1-3H3,(H,19,20). The van der Waals surface area contributed by atoms with Gasteiger partial charge in [-0.1, -0.05) is 38.0 Å². The lowest BCUT2D eigenvalue weighted by Crippen LogP contribution is -2.27. The quantitative estimate of drug-likeness (QED) is 0.746. The summed E-state index contributed by atoms with van der Waals surface area (Å²) in [6.07, 6.45) is 6.72. The summed E-state index contributed by atoms with van der Waals surface area (Å²) in [6, 6.07) is 7.93. The summed E-state index contributed by atoms with van der Waals surface area (Å²) in [5.74, 6) is -0.823. The Kier molecular flexibility index (Phi) is 7.31. The van der Waals surface area contributed by atoms with Crippen molar-refractivity contribution < 1.29 is 9.90 Å². The van der Waals surface area contributed by atoms with Gasteiger partial charge >= 0.3 is 5.97 Å². The molecule has 0 radical (unpaired) electrons. The Morgan fingerprint density at radius 1 is 1.20 bits per heavy atom. The summed E-state index contributed by atoms with van der Waals surface area (Å²) in [4.78, 5) is 13.5. The van der Waals surface area contributed by atoms with Crippen LogP contribution in [0.3, 0.4) is 0 Å². The third-order valence-electron chi connectivity index (χ3n) is 3.85. The van der Waals surface area contributed by atoms with Crippen molar-refractivity contribution >= 4 is 5.97 Å². The monoisotopic (exact) mass is 277 g/mol. The maximum absolute atomic E-state index is 11.2. The van der Waals surface area contributed by atoms with Crippen molar-refractivity contribution in [3.63, 3.8) is 0 Å². The van der Waals surface area contributed by atoms with E-state index >= 15 is 0 Å². The molecule has 0 heterocycles. The number of carboxylic acid groups (broad SMARTS) is 1. The van der Waals surface area contributed by atoms with Gasteiger partial charge in [-0.25, -0.2) is 4.79 Å². The maximum atomic E-state index is 11.2. The van der Waals surface area contributed by atoms with Crippen molar-refractivity contribution in [2.24, 2.45) is 0 Å². The van der Waals surface area contributed by atoms with Crippen LogP contribution in [0.5, 0.6) is 0 Å². The largest absolute Gasteiger partial charge is 0.478 e. The summed E-state index contributed by atoms with van der Waals surface area (Å²) in [7, 11) is 4.26. The second-order valence-corrected chi connectivity index (χ2v) is 5.61. The smallest absolute Gasteiger partial charge is 0.335 e. The number of carbonyl (C=O) groups is 1. The molecule has 1 N–H and O–H groups in total. The van der Waals surface area contributed by atoms with E-state index in [0.717, 1.165) is 24.8 Å².